The quantitative estimate of drug-likeness (QED) is 0.531. The lowest BCUT2D eigenvalue weighted by molar-refractivity contribution is -0.117. The third-order valence-corrected chi connectivity index (χ3v) is 8.75. The second-order valence-electron chi connectivity index (χ2n) is 5.67. The minimum atomic E-state index is -6.64. The van der Waals surface area contributed by atoms with Gasteiger partial charge in [-0.15, -0.1) is 0 Å². The molecule has 1 rings (SSSR count). The Labute approximate surface area is 145 Å². The standard InChI is InChI=1S/C12H15F6NO5S2/c1-2-9(20)19-8-5-3-7(4-6-8)10(25(21,22)11(13,14)15)26(23,24)12(16,17)18/h2,7-8,10H,1,3-6H2,(H,19,20). The summed E-state index contributed by atoms with van der Waals surface area (Å²) in [6.45, 7) is 3.17. The highest BCUT2D eigenvalue weighted by atomic mass is 32.3. The van der Waals surface area contributed by atoms with Crippen LogP contribution >= 0.6 is 0 Å². The lowest BCUT2D eigenvalue weighted by Gasteiger charge is -2.33. The summed E-state index contributed by atoms with van der Waals surface area (Å²) >= 11 is 0. The van der Waals surface area contributed by atoms with Crippen molar-refractivity contribution in [1.82, 2.24) is 5.32 Å². The molecule has 0 aromatic carbocycles. The number of rotatable bonds is 5. The molecule has 14 heteroatoms. The number of alkyl halides is 6. The second-order valence-corrected chi connectivity index (χ2v) is 10.1. The third kappa shape index (κ3) is 4.50. The van der Waals surface area contributed by atoms with Gasteiger partial charge in [-0.1, -0.05) is 6.58 Å². The monoisotopic (exact) mass is 431 g/mol. The predicted molar refractivity (Wildman–Crippen MR) is 77.8 cm³/mol. The summed E-state index contributed by atoms with van der Waals surface area (Å²) in [6.07, 6.45) is -0.575. The Morgan fingerprint density at radius 1 is 0.923 bits per heavy atom. The Kier molecular flexibility index (Phi) is 6.44. The fraction of sp³-hybridized carbons (Fsp3) is 0.750. The molecule has 0 spiro atoms. The number of amides is 1. The maximum absolute atomic E-state index is 12.8. The molecule has 1 amide bonds. The van der Waals surface area contributed by atoms with Crippen LogP contribution in [0.4, 0.5) is 26.3 Å². The first-order valence-electron chi connectivity index (χ1n) is 7.09. The van der Waals surface area contributed by atoms with Crippen molar-refractivity contribution < 1.29 is 48.0 Å². The van der Waals surface area contributed by atoms with E-state index in [1.165, 1.54) is 0 Å². The molecule has 0 atom stereocenters. The average molecular weight is 431 g/mol. The van der Waals surface area contributed by atoms with Crippen LogP contribution in [-0.4, -0.2) is 44.4 Å². The smallest absolute Gasteiger partial charge is 0.350 e. The lowest BCUT2D eigenvalue weighted by Crippen LogP contribution is -2.50. The Morgan fingerprint density at radius 2 is 1.31 bits per heavy atom. The van der Waals surface area contributed by atoms with Crippen LogP contribution in [-0.2, 0) is 24.5 Å². The van der Waals surface area contributed by atoms with Gasteiger partial charge in [-0.25, -0.2) is 16.8 Å². The van der Waals surface area contributed by atoms with Gasteiger partial charge in [0.2, 0.25) is 5.91 Å². The molecule has 0 saturated heterocycles. The molecule has 1 N–H and O–H groups in total. The molecule has 152 valence electrons. The van der Waals surface area contributed by atoms with Crippen LogP contribution in [0, 0.1) is 5.92 Å². The normalized spacial score (nSPS) is 22.9. The van der Waals surface area contributed by atoms with Crippen molar-refractivity contribution in [2.75, 3.05) is 0 Å². The Bertz CT molecular complexity index is 704. The summed E-state index contributed by atoms with van der Waals surface area (Å²) in [7, 11) is -13.3. The molecule has 1 aliphatic rings. The summed E-state index contributed by atoms with van der Waals surface area (Å²) in [4.78, 5) is 11.2. The van der Waals surface area contributed by atoms with Crippen LogP contribution in [0.2, 0.25) is 0 Å². The van der Waals surface area contributed by atoms with E-state index in [0.29, 0.717) is 0 Å². The van der Waals surface area contributed by atoms with E-state index in [1.807, 2.05) is 0 Å². The number of halogens is 6. The van der Waals surface area contributed by atoms with Crippen molar-refractivity contribution in [3.8, 4) is 0 Å². The van der Waals surface area contributed by atoms with E-state index in [-0.39, 0.29) is 12.8 Å². The molecule has 0 radical (unpaired) electrons. The molecule has 0 aromatic heterocycles. The summed E-state index contributed by atoms with van der Waals surface area (Å²) in [5.41, 5.74) is -12.3. The summed E-state index contributed by atoms with van der Waals surface area (Å²) < 4.78 is 119. The Balaban J connectivity index is 3.22. The fourth-order valence-corrected chi connectivity index (χ4v) is 6.81. The SMILES string of the molecule is C=CC(=O)NC1CCC(C(S(=O)(=O)C(F)(F)F)S(=O)(=O)C(F)(F)F)CC1. The van der Waals surface area contributed by atoms with Crippen molar-refractivity contribution in [3.63, 3.8) is 0 Å². The van der Waals surface area contributed by atoms with Crippen LogP contribution in [0.1, 0.15) is 25.7 Å². The van der Waals surface area contributed by atoms with Crippen molar-refractivity contribution in [3.05, 3.63) is 12.7 Å². The Morgan fingerprint density at radius 3 is 1.62 bits per heavy atom. The van der Waals surface area contributed by atoms with Crippen molar-refractivity contribution in [2.45, 2.75) is 47.3 Å². The number of carbonyl (C=O) groups is 1. The van der Waals surface area contributed by atoms with E-state index < -0.39 is 66.0 Å². The average Bonchev–Trinajstić information content (AvgIpc) is 2.46. The van der Waals surface area contributed by atoms with Crippen LogP contribution in [0.5, 0.6) is 0 Å². The summed E-state index contributed by atoms with van der Waals surface area (Å²) in [5.74, 6) is -2.54. The maximum atomic E-state index is 12.8. The van der Waals surface area contributed by atoms with E-state index in [9.17, 15) is 48.0 Å². The van der Waals surface area contributed by atoms with E-state index >= 15 is 0 Å². The number of carbonyl (C=O) groups excluding carboxylic acids is 1. The molecular formula is C12H15F6NO5S2. The molecular weight excluding hydrogens is 416 g/mol. The van der Waals surface area contributed by atoms with Crippen molar-refractivity contribution in [2.24, 2.45) is 5.92 Å². The Hall–Kier alpha value is -1.31. The van der Waals surface area contributed by atoms with Crippen LogP contribution in [0.25, 0.3) is 0 Å². The van der Waals surface area contributed by atoms with E-state index in [2.05, 4.69) is 11.9 Å². The zero-order valence-electron chi connectivity index (χ0n) is 13.0. The molecule has 0 unspecified atom stereocenters. The number of hydrogen-bond acceptors (Lipinski definition) is 5. The van der Waals surface area contributed by atoms with Crippen LogP contribution < -0.4 is 5.32 Å². The molecule has 26 heavy (non-hydrogen) atoms. The van der Waals surface area contributed by atoms with Gasteiger partial charge in [0, 0.05) is 6.04 Å². The van der Waals surface area contributed by atoms with Crippen molar-refractivity contribution >= 4 is 25.6 Å². The molecule has 0 bridgehead atoms. The topological polar surface area (TPSA) is 97.4 Å². The van der Waals surface area contributed by atoms with E-state index in [1.54, 1.807) is 0 Å². The molecule has 1 fully saturated rings. The number of hydrogen-bond donors (Lipinski definition) is 1. The zero-order chi connectivity index (χ0) is 20.6. The van der Waals surface area contributed by atoms with Gasteiger partial charge in [-0.05, 0) is 37.7 Å². The van der Waals surface area contributed by atoms with Gasteiger partial charge in [-0.2, -0.15) is 26.3 Å². The first kappa shape index (κ1) is 22.7. The number of nitrogens with one attached hydrogen (secondary N) is 1. The van der Waals surface area contributed by atoms with Gasteiger partial charge in [-0.3, -0.25) is 4.79 Å². The second kappa shape index (κ2) is 7.37. The highest BCUT2D eigenvalue weighted by Gasteiger charge is 2.65. The van der Waals surface area contributed by atoms with Gasteiger partial charge >= 0.3 is 11.0 Å². The lowest BCUT2D eigenvalue weighted by atomic mass is 9.87. The van der Waals surface area contributed by atoms with Gasteiger partial charge in [0.15, 0.2) is 4.58 Å². The molecule has 0 heterocycles. The highest BCUT2D eigenvalue weighted by molar-refractivity contribution is 8.09. The largest absolute Gasteiger partial charge is 0.498 e. The van der Waals surface area contributed by atoms with Gasteiger partial charge in [0.05, 0.1) is 0 Å². The van der Waals surface area contributed by atoms with Gasteiger partial charge in [0.25, 0.3) is 19.7 Å². The molecule has 1 saturated carbocycles. The predicted octanol–water partition coefficient (Wildman–Crippen LogP) is 2.04. The minimum Gasteiger partial charge on any atom is -0.350 e. The first-order valence-corrected chi connectivity index (χ1v) is 10.2. The van der Waals surface area contributed by atoms with Gasteiger partial charge in [0.1, 0.15) is 0 Å². The van der Waals surface area contributed by atoms with Crippen LogP contribution in [0.15, 0.2) is 12.7 Å². The minimum absolute atomic E-state index is 0.179. The highest BCUT2D eigenvalue weighted by Crippen LogP contribution is 2.43. The summed E-state index contributed by atoms with van der Waals surface area (Å²) in [5, 5.41) is 2.37. The zero-order valence-corrected chi connectivity index (χ0v) is 14.6. The van der Waals surface area contributed by atoms with Crippen molar-refractivity contribution in [1.29, 1.82) is 0 Å². The molecule has 0 aromatic rings. The maximum Gasteiger partial charge on any atom is 0.498 e. The summed E-state index contributed by atoms with van der Waals surface area (Å²) in [6, 6.07) is -0.639. The first-order chi connectivity index (χ1) is 11.6. The van der Waals surface area contributed by atoms with Gasteiger partial charge < -0.3 is 5.32 Å². The van der Waals surface area contributed by atoms with E-state index in [0.717, 1.165) is 6.08 Å². The van der Waals surface area contributed by atoms with Crippen LogP contribution in [0.3, 0.4) is 0 Å². The fourth-order valence-electron chi connectivity index (χ4n) is 2.73. The molecule has 0 aliphatic heterocycles. The molecule has 1 aliphatic carbocycles. The number of sulfone groups is 2. The van der Waals surface area contributed by atoms with E-state index in [4.69, 9.17) is 0 Å². The molecule has 6 nitrogen and oxygen atoms in total. The third-order valence-electron chi connectivity index (χ3n) is 3.95.